The summed E-state index contributed by atoms with van der Waals surface area (Å²) in [6, 6.07) is 7.75. The Bertz CT molecular complexity index is 2120. The van der Waals surface area contributed by atoms with Gasteiger partial charge in [-0.25, -0.2) is 29.9 Å². The molecule has 0 aliphatic heterocycles. The third-order valence-electron chi connectivity index (χ3n) is 9.29. The molecule has 22 nitrogen and oxygen atoms in total. The van der Waals surface area contributed by atoms with Crippen LogP contribution in [0, 0.1) is 0 Å². The number of hydrogen-bond acceptors (Lipinski definition) is 22. The van der Waals surface area contributed by atoms with E-state index in [-0.39, 0.29) is 10.8 Å². The van der Waals surface area contributed by atoms with E-state index in [1.54, 1.807) is 62.0 Å². The summed E-state index contributed by atoms with van der Waals surface area (Å²) in [5.41, 5.74) is 6.42. The van der Waals surface area contributed by atoms with Crippen molar-refractivity contribution < 1.29 is 0 Å². The Morgan fingerprint density at radius 2 is 0.932 bits per heavy atom. The van der Waals surface area contributed by atoms with Gasteiger partial charge in [0.1, 0.15) is 31.1 Å². The topological polar surface area (TPSA) is 284 Å². The molecule has 8 rings (SSSR count). The minimum atomic E-state index is 0.00819. The minimum absolute atomic E-state index is 0.00819. The number of rotatable bonds is 6. The van der Waals surface area contributed by atoms with Crippen LogP contribution in [0.1, 0.15) is 206 Å². The number of nitrogens with zero attached hydrogens (tertiary/aromatic N) is 22. The lowest BCUT2D eigenvalue weighted by atomic mass is 9.92. The average Bonchev–Trinajstić information content (AvgIpc) is 3.41. The van der Waals surface area contributed by atoms with Crippen LogP contribution in [-0.2, 0) is 10.8 Å². The van der Waals surface area contributed by atoms with Gasteiger partial charge in [0, 0.05) is 35.3 Å². The summed E-state index contributed by atoms with van der Waals surface area (Å²) in [5, 5.41) is 59.3. The predicted molar refractivity (Wildman–Crippen MR) is 285 cm³/mol. The molecule has 0 saturated heterocycles. The standard InChI is InChI=1S/2C7H11N3.2C7H10N2.4C6H9N3/c1-7(2,3)6-8-4-5-9-10-6;1-7(2,3)6-4-5-8-10-9-6;1-6(2)7-3-4-8-9-5-7;1-6(2)7-4-3-5-8-9-7;1-5(2)6-8-3-7-4-9-6;1-5(2)6-3-8-9-4-7-6;1-5(2)6-3-7-4-8-9-6;1-5(2)6-3-7-9-8-4-6/h2*4-5H,1-3H3;2*3-6H,1-2H3;4*3-5H,1-2H3. The fourth-order valence-electron chi connectivity index (χ4n) is 4.66. The van der Waals surface area contributed by atoms with E-state index in [9.17, 15) is 0 Å². The van der Waals surface area contributed by atoms with Crippen molar-refractivity contribution in [2.75, 3.05) is 0 Å². The van der Waals surface area contributed by atoms with Gasteiger partial charge in [0.15, 0.2) is 5.82 Å². The largest absolute Gasteiger partial charge is 0.241 e. The highest BCUT2D eigenvalue weighted by atomic mass is 15.3. The van der Waals surface area contributed by atoms with Crippen LogP contribution < -0.4 is 0 Å². The molecule has 0 aliphatic carbocycles. The summed E-state index contributed by atoms with van der Waals surface area (Å²) in [7, 11) is 0. The first kappa shape index (κ1) is 64.2. The highest BCUT2D eigenvalue weighted by Crippen LogP contribution is 2.18. The van der Waals surface area contributed by atoms with Crippen molar-refractivity contribution in [2.24, 2.45) is 0 Å². The zero-order valence-corrected chi connectivity index (χ0v) is 46.7. The van der Waals surface area contributed by atoms with Crippen LogP contribution in [0.15, 0.2) is 112 Å². The van der Waals surface area contributed by atoms with Gasteiger partial charge in [-0.1, -0.05) is 125 Å². The Hall–Kier alpha value is -7.78. The van der Waals surface area contributed by atoms with Gasteiger partial charge < -0.3 is 0 Å². The summed E-state index contributed by atoms with van der Waals surface area (Å²) in [5.74, 6) is 4.44. The Kier molecular flexibility index (Phi) is 31.4. The maximum absolute atomic E-state index is 4.08. The molecule has 0 atom stereocenters. The average molecular weight is 1010 g/mol. The maximum atomic E-state index is 4.08. The van der Waals surface area contributed by atoms with E-state index < -0.39 is 0 Å². The third-order valence-corrected chi connectivity index (χ3v) is 9.29. The zero-order valence-electron chi connectivity index (χ0n) is 46.7. The molecule has 0 N–H and O–H groups in total. The van der Waals surface area contributed by atoms with Crippen LogP contribution in [0.3, 0.4) is 0 Å². The van der Waals surface area contributed by atoms with Gasteiger partial charge in [-0.2, -0.15) is 35.7 Å². The van der Waals surface area contributed by atoms with E-state index in [0.717, 1.165) is 40.0 Å². The van der Waals surface area contributed by atoms with Gasteiger partial charge in [-0.3, -0.25) is 0 Å². The first-order valence-electron chi connectivity index (χ1n) is 24.4. The van der Waals surface area contributed by atoms with Crippen LogP contribution in [0.2, 0.25) is 0 Å². The van der Waals surface area contributed by atoms with Gasteiger partial charge in [0.25, 0.3) is 0 Å². The van der Waals surface area contributed by atoms with Gasteiger partial charge in [-0.15, -0.1) is 35.7 Å². The van der Waals surface area contributed by atoms with Gasteiger partial charge >= 0.3 is 0 Å². The van der Waals surface area contributed by atoms with Crippen molar-refractivity contribution in [1.82, 2.24) is 112 Å². The fraction of sp³-hybridized carbons (Fsp3) is 0.500. The van der Waals surface area contributed by atoms with E-state index in [1.165, 1.54) is 30.9 Å². The number of hydrogen-bond donors (Lipinski definition) is 0. The fourth-order valence-corrected chi connectivity index (χ4v) is 4.66. The maximum Gasteiger partial charge on any atom is 0.156 e. The molecule has 0 aliphatic rings. The van der Waals surface area contributed by atoms with E-state index in [0.29, 0.717) is 35.5 Å². The molecule has 74 heavy (non-hydrogen) atoms. The molecule has 8 heterocycles. The van der Waals surface area contributed by atoms with Crippen molar-refractivity contribution >= 4 is 0 Å². The summed E-state index contributed by atoms with van der Waals surface area (Å²) in [4.78, 5) is 23.5. The second-order valence-corrected chi connectivity index (χ2v) is 19.9. The molecule has 0 spiro atoms. The van der Waals surface area contributed by atoms with Crippen molar-refractivity contribution in [3.8, 4) is 0 Å². The van der Waals surface area contributed by atoms with Crippen LogP contribution >= 0.6 is 0 Å². The molecule has 0 saturated carbocycles. The van der Waals surface area contributed by atoms with Gasteiger partial charge in [0.2, 0.25) is 0 Å². The molecule has 0 fully saturated rings. The van der Waals surface area contributed by atoms with E-state index in [4.69, 9.17) is 0 Å². The van der Waals surface area contributed by atoms with Crippen molar-refractivity contribution in [2.45, 2.75) is 171 Å². The molecular formula is C52H78N22. The molecule has 0 bridgehead atoms. The Morgan fingerprint density at radius 3 is 1.26 bits per heavy atom. The molecule has 0 unspecified atom stereocenters. The summed E-state index contributed by atoms with van der Waals surface area (Å²) < 4.78 is 0. The van der Waals surface area contributed by atoms with Crippen LogP contribution in [0.5, 0.6) is 0 Å². The van der Waals surface area contributed by atoms with Crippen molar-refractivity contribution in [3.05, 3.63) is 157 Å². The van der Waals surface area contributed by atoms with Crippen LogP contribution in [0.4, 0.5) is 0 Å². The summed E-state index contributed by atoms with van der Waals surface area (Å²) in [6.07, 6.45) is 22.9. The molecule has 8 aromatic heterocycles. The molecule has 0 aromatic carbocycles. The minimum Gasteiger partial charge on any atom is -0.241 e. The summed E-state index contributed by atoms with van der Waals surface area (Å²) in [6.45, 7) is 37.5. The van der Waals surface area contributed by atoms with Crippen molar-refractivity contribution in [1.29, 1.82) is 0 Å². The molecular weight excluding hydrogens is 933 g/mol. The first-order chi connectivity index (χ1) is 35.0. The second kappa shape index (κ2) is 36.2. The van der Waals surface area contributed by atoms with E-state index in [2.05, 4.69) is 236 Å². The van der Waals surface area contributed by atoms with E-state index in [1.807, 2.05) is 24.3 Å². The lowest BCUT2D eigenvalue weighted by molar-refractivity contribution is 0.533. The highest BCUT2D eigenvalue weighted by molar-refractivity contribution is 5.10. The van der Waals surface area contributed by atoms with Gasteiger partial charge in [0.05, 0.1) is 66.2 Å². The Labute approximate surface area is 438 Å². The molecule has 396 valence electrons. The normalized spacial score (nSPS) is 10.5. The quantitative estimate of drug-likeness (QED) is 0.150. The SMILES string of the molecule is CC(C)(C)c1ccnnn1.CC(C)(C)c1nccnn1.CC(C)c1cccnn1.CC(C)c1ccnnc1.CC(C)c1cncnn1.CC(C)c1cnncn1.CC(C)c1cnnnc1.CC(C)c1ncncn1. The lowest BCUT2D eigenvalue weighted by Crippen LogP contribution is -2.15. The first-order valence-corrected chi connectivity index (χ1v) is 24.4. The molecule has 8 aromatic rings. The molecule has 22 heteroatoms. The van der Waals surface area contributed by atoms with Crippen molar-refractivity contribution in [3.63, 3.8) is 0 Å². The predicted octanol–water partition coefficient (Wildman–Crippen LogP) is 9.52. The van der Waals surface area contributed by atoms with Crippen LogP contribution in [-0.4, -0.2) is 112 Å². The summed E-state index contributed by atoms with van der Waals surface area (Å²) >= 11 is 0. The number of aromatic nitrogens is 22. The molecule has 0 radical (unpaired) electrons. The monoisotopic (exact) mass is 1010 g/mol. The Morgan fingerprint density at radius 1 is 0.338 bits per heavy atom. The highest BCUT2D eigenvalue weighted by Gasteiger charge is 2.16. The van der Waals surface area contributed by atoms with E-state index >= 15 is 0 Å². The Balaban J connectivity index is 0.000000423. The smallest absolute Gasteiger partial charge is 0.156 e. The third kappa shape index (κ3) is 30.2. The lowest BCUT2D eigenvalue weighted by Gasteiger charge is -2.14. The zero-order chi connectivity index (χ0) is 55.4. The van der Waals surface area contributed by atoms with Crippen LogP contribution in [0.25, 0.3) is 0 Å². The second-order valence-electron chi connectivity index (χ2n) is 19.9. The molecule has 0 amide bonds. The van der Waals surface area contributed by atoms with Gasteiger partial charge in [-0.05, 0) is 75.4 Å².